The fourth-order valence-electron chi connectivity index (χ4n) is 3.19. The van der Waals surface area contributed by atoms with Crippen molar-refractivity contribution >= 4 is 0 Å². The molecule has 1 aromatic rings. The quantitative estimate of drug-likeness (QED) is 0.896. The third kappa shape index (κ3) is 3.80. The standard InChI is InChI=1S/C17H28N2/c1-3-17-7-5-4-6-10-19(17)13-16-9-8-15(12-18)11-14(16)2/h8-9,11,17H,3-7,10,12-13,18H2,1-2H3. The van der Waals surface area contributed by atoms with E-state index in [-0.39, 0.29) is 0 Å². The second-order valence-corrected chi connectivity index (χ2v) is 5.85. The summed E-state index contributed by atoms with van der Waals surface area (Å²) in [6.07, 6.45) is 6.81. The van der Waals surface area contributed by atoms with Crippen molar-refractivity contribution in [1.29, 1.82) is 0 Å². The molecular weight excluding hydrogens is 232 g/mol. The molecule has 19 heavy (non-hydrogen) atoms. The Labute approximate surface area is 118 Å². The molecule has 106 valence electrons. The molecule has 0 spiro atoms. The first-order chi connectivity index (χ1) is 9.24. The number of rotatable bonds is 4. The van der Waals surface area contributed by atoms with Crippen LogP contribution >= 0.6 is 0 Å². The molecule has 2 heteroatoms. The van der Waals surface area contributed by atoms with Crippen LogP contribution in [0, 0.1) is 6.92 Å². The summed E-state index contributed by atoms with van der Waals surface area (Å²) in [6, 6.07) is 7.47. The van der Waals surface area contributed by atoms with Gasteiger partial charge in [-0.1, -0.05) is 38.0 Å². The van der Waals surface area contributed by atoms with E-state index in [1.165, 1.54) is 55.3 Å². The zero-order chi connectivity index (χ0) is 13.7. The largest absolute Gasteiger partial charge is 0.326 e. The van der Waals surface area contributed by atoms with Crippen LogP contribution in [0.3, 0.4) is 0 Å². The number of nitrogens with two attached hydrogens (primary N) is 1. The molecule has 1 fully saturated rings. The fraction of sp³-hybridized carbons (Fsp3) is 0.647. The molecule has 0 aliphatic carbocycles. The zero-order valence-electron chi connectivity index (χ0n) is 12.5. The Kier molecular flexibility index (Phi) is 5.41. The molecule has 2 nitrogen and oxygen atoms in total. The summed E-state index contributed by atoms with van der Waals surface area (Å²) in [5.74, 6) is 0. The monoisotopic (exact) mass is 260 g/mol. The van der Waals surface area contributed by atoms with Crippen LogP contribution < -0.4 is 5.73 Å². The molecule has 2 rings (SSSR count). The lowest BCUT2D eigenvalue weighted by molar-refractivity contribution is 0.186. The Balaban J connectivity index is 2.09. The van der Waals surface area contributed by atoms with Crippen molar-refractivity contribution in [2.45, 2.75) is 65.1 Å². The first-order valence-electron chi connectivity index (χ1n) is 7.77. The Morgan fingerprint density at radius 3 is 2.79 bits per heavy atom. The predicted octanol–water partition coefficient (Wildman–Crippen LogP) is 3.61. The van der Waals surface area contributed by atoms with E-state index in [0.29, 0.717) is 6.54 Å². The Morgan fingerprint density at radius 1 is 1.26 bits per heavy atom. The van der Waals surface area contributed by atoms with Crippen molar-refractivity contribution in [2.75, 3.05) is 6.54 Å². The molecule has 1 unspecified atom stereocenters. The molecule has 1 atom stereocenters. The zero-order valence-corrected chi connectivity index (χ0v) is 12.5. The van der Waals surface area contributed by atoms with Crippen LogP contribution in [0.15, 0.2) is 18.2 Å². The van der Waals surface area contributed by atoms with Crippen molar-refractivity contribution in [3.05, 3.63) is 34.9 Å². The van der Waals surface area contributed by atoms with E-state index < -0.39 is 0 Å². The molecule has 0 bridgehead atoms. The number of likely N-dealkylation sites (tertiary alicyclic amines) is 1. The molecule has 0 radical (unpaired) electrons. The van der Waals surface area contributed by atoms with Crippen LogP contribution in [-0.4, -0.2) is 17.5 Å². The van der Waals surface area contributed by atoms with Gasteiger partial charge in [0.2, 0.25) is 0 Å². The normalized spacial score (nSPS) is 21.3. The van der Waals surface area contributed by atoms with Gasteiger partial charge in [-0.05, 0) is 49.4 Å². The van der Waals surface area contributed by atoms with Gasteiger partial charge in [-0.15, -0.1) is 0 Å². The van der Waals surface area contributed by atoms with Crippen LogP contribution in [0.2, 0.25) is 0 Å². The first-order valence-corrected chi connectivity index (χ1v) is 7.77. The highest BCUT2D eigenvalue weighted by atomic mass is 15.2. The smallest absolute Gasteiger partial charge is 0.0239 e. The van der Waals surface area contributed by atoms with Gasteiger partial charge in [0.15, 0.2) is 0 Å². The Morgan fingerprint density at radius 2 is 2.11 bits per heavy atom. The number of nitrogens with zero attached hydrogens (tertiary/aromatic N) is 1. The second-order valence-electron chi connectivity index (χ2n) is 5.85. The molecule has 2 N–H and O–H groups in total. The minimum atomic E-state index is 0.641. The minimum Gasteiger partial charge on any atom is -0.326 e. The van der Waals surface area contributed by atoms with E-state index in [0.717, 1.165) is 12.6 Å². The van der Waals surface area contributed by atoms with Gasteiger partial charge in [0.05, 0.1) is 0 Å². The molecule has 0 amide bonds. The van der Waals surface area contributed by atoms with E-state index in [9.17, 15) is 0 Å². The van der Waals surface area contributed by atoms with E-state index in [4.69, 9.17) is 5.73 Å². The average Bonchev–Trinajstić information content (AvgIpc) is 2.66. The maximum Gasteiger partial charge on any atom is 0.0239 e. The second kappa shape index (κ2) is 7.06. The fourth-order valence-corrected chi connectivity index (χ4v) is 3.19. The summed E-state index contributed by atoms with van der Waals surface area (Å²) in [4.78, 5) is 2.69. The highest BCUT2D eigenvalue weighted by Gasteiger charge is 2.19. The van der Waals surface area contributed by atoms with Gasteiger partial charge < -0.3 is 5.73 Å². The van der Waals surface area contributed by atoms with Crippen molar-refractivity contribution in [3.63, 3.8) is 0 Å². The average molecular weight is 260 g/mol. The van der Waals surface area contributed by atoms with E-state index >= 15 is 0 Å². The highest BCUT2D eigenvalue weighted by molar-refractivity contribution is 5.31. The third-order valence-electron chi connectivity index (χ3n) is 4.49. The van der Waals surface area contributed by atoms with Crippen LogP contribution in [0.25, 0.3) is 0 Å². The number of benzene rings is 1. The lowest BCUT2D eigenvalue weighted by Gasteiger charge is -2.29. The van der Waals surface area contributed by atoms with Gasteiger partial charge in [0.25, 0.3) is 0 Å². The summed E-state index contributed by atoms with van der Waals surface area (Å²) >= 11 is 0. The van der Waals surface area contributed by atoms with Crippen LogP contribution in [0.5, 0.6) is 0 Å². The van der Waals surface area contributed by atoms with Crippen molar-refractivity contribution < 1.29 is 0 Å². The Hall–Kier alpha value is -0.860. The summed E-state index contributed by atoms with van der Waals surface area (Å²) in [7, 11) is 0. The first kappa shape index (κ1) is 14.5. The molecular formula is C17H28N2. The molecule has 1 heterocycles. The van der Waals surface area contributed by atoms with E-state index in [1.807, 2.05) is 0 Å². The van der Waals surface area contributed by atoms with E-state index in [1.54, 1.807) is 0 Å². The lowest BCUT2D eigenvalue weighted by atomic mass is 10.0. The van der Waals surface area contributed by atoms with Gasteiger partial charge in [-0.25, -0.2) is 0 Å². The van der Waals surface area contributed by atoms with Gasteiger partial charge in [0, 0.05) is 19.1 Å². The molecule has 1 saturated heterocycles. The molecule has 0 saturated carbocycles. The number of hydrogen-bond acceptors (Lipinski definition) is 2. The topological polar surface area (TPSA) is 29.3 Å². The van der Waals surface area contributed by atoms with Crippen molar-refractivity contribution in [1.82, 2.24) is 4.90 Å². The molecule has 0 aromatic heterocycles. The van der Waals surface area contributed by atoms with Crippen molar-refractivity contribution in [3.8, 4) is 0 Å². The van der Waals surface area contributed by atoms with Gasteiger partial charge in [0.1, 0.15) is 0 Å². The third-order valence-corrected chi connectivity index (χ3v) is 4.49. The van der Waals surface area contributed by atoms with Gasteiger partial charge in [-0.2, -0.15) is 0 Å². The predicted molar refractivity (Wildman–Crippen MR) is 82.0 cm³/mol. The number of hydrogen-bond donors (Lipinski definition) is 1. The lowest BCUT2D eigenvalue weighted by Crippen LogP contribution is -2.34. The van der Waals surface area contributed by atoms with Crippen LogP contribution in [-0.2, 0) is 13.1 Å². The number of aryl methyl sites for hydroxylation is 1. The summed E-state index contributed by atoms with van der Waals surface area (Å²) < 4.78 is 0. The molecule has 1 aromatic carbocycles. The summed E-state index contributed by atoms with van der Waals surface area (Å²) in [5.41, 5.74) is 9.81. The molecule has 1 aliphatic rings. The van der Waals surface area contributed by atoms with Gasteiger partial charge in [-0.3, -0.25) is 4.90 Å². The maximum absolute atomic E-state index is 5.71. The van der Waals surface area contributed by atoms with Crippen LogP contribution in [0.1, 0.15) is 55.7 Å². The van der Waals surface area contributed by atoms with Crippen LogP contribution in [0.4, 0.5) is 0 Å². The van der Waals surface area contributed by atoms with Crippen molar-refractivity contribution in [2.24, 2.45) is 5.73 Å². The summed E-state index contributed by atoms with van der Waals surface area (Å²) in [6.45, 7) is 7.55. The molecule has 1 aliphatic heterocycles. The highest BCUT2D eigenvalue weighted by Crippen LogP contribution is 2.22. The maximum atomic E-state index is 5.71. The van der Waals surface area contributed by atoms with Gasteiger partial charge >= 0.3 is 0 Å². The summed E-state index contributed by atoms with van der Waals surface area (Å²) in [5, 5.41) is 0. The van der Waals surface area contributed by atoms with E-state index in [2.05, 4.69) is 36.9 Å². The SMILES string of the molecule is CCC1CCCCCN1Cc1ccc(CN)cc1C. The Bertz CT molecular complexity index is 400. The minimum absolute atomic E-state index is 0.641.